The highest BCUT2D eigenvalue weighted by atomic mass is 32.1. The van der Waals surface area contributed by atoms with Gasteiger partial charge in [0.1, 0.15) is 0 Å². The molecule has 18 heavy (non-hydrogen) atoms. The third-order valence-electron chi connectivity index (χ3n) is 2.87. The van der Waals surface area contributed by atoms with E-state index < -0.39 is 0 Å². The first-order chi connectivity index (χ1) is 8.54. The van der Waals surface area contributed by atoms with E-state index in [2.05, 4.69) is 19.9 Å². The molecule has 102 valence electrons. The lowest BCUT2D eigenvalue weighted by Crippen LogP contribution is -2.10. The highest BCUT2D eigenvalue weighted by molar-refractivity contribution is 7.12. The Morgan fingerprint density at radius 3 is 2.72 bits per heavy atom. The number of unbranched alkanes of at least 4 members (excludes halogenated alkanes) is 1. The van der Waals surface area contributed by atoms with Gasteiger partial charge in [-0.1, -0.05) is 6.42 Å². The summed E-state index contributed by atoms with van der Waals surface area (Å²) >= 11 is 1.78. The third kappa shape index (κ3) is 4.78. The molecule has 0 spiro atoms. The lowest BCUT2D eigenvalue weighted by Gasteiger charge is -2.10. The number of aryl methyl sites for hydroxylation is 2. The van der Waals surface area contributed by atoms with Gasteiger partial charge in [-0.25, -0.2) is 0 Å². The molecule has 3 nitrogen and oxygen atoms in total. The smallest absolute Gasteiger partial charge is 0.305 e. The molecule has 0 bridgehead atoms. The minimum Gasteiger partial charge on any atom is -0.466 e. The van der Waals surface area contributed by atoms with E-state index in [1.165, 1.54) is 15.3 Å². The number of thiophene rings is 1. The van der Waals surface area contributed by atoms with Crippen LogP contribution in [0.1, 0.15) is 54.0 Å². The largest absolute Gasteiger partial charge is 0.466 e. The topological polar surface area (TPSA) is 52.3 Å². The summed E-state index contributed by atoms with van der Waals surface area (Å²) in [7, 11) is 0. The van der Waals surface area contributed by atoms with Crippen molar-refractivity contribution in [2.75, 3.05) is 6.61 Å². The van der Waals surface area contributed by atoms with Gasteiger partial charge in [0.2, 0.25) is 0 Å². The highest BCUT2D eigenvalue weighted by Gasteiger charge is 2.12. The molecule has 4 heteroatoms. The zero-order valence-electron chi connectivity index (χ0n) is 11.5. The van der Waals surface area contributed by atoms with Gasteiger partial charge in [-0.05, 0) is 45.2 Å². The van der Waals surface area contributed by atoms with Crippen LogP contribution >= 0.6 is 11.3 Å². The minimum absolute atomic E-state index is 0.103. The number of carbonyl (C=O) groups is 1. The van der Waals surface area contributed by atoms with Crippen molar-refractivity contribution in [2.45, 2.75) is 52.5 Å². The van der Waals surface area contributed by atoms with E-state index in [0.29, 0.717) is 13.0 Å². The van der Waals surface area contributed by atoms with Gasteiger partial charge >= 0.3 is 5.97 Å². The first kappa shape index (κ1) is 15.2. The maximum atomic E-state index is 11.2. The van der Waals surface area contributed by atoms with E-state index in [1.54, 1.807) is 11.3 Å². The Morgan fingerprint density at radius 2 is 2.17 bits per heavy atom. The molecule has 0 amide bonds. The zero-order chi connectivity index (χ0) is 13.5. The van der Waals surface area contributed by atoms with Crippen LogP contribution in [0.2, 0.25) is 0 Å². The Morgan fingerprint density at radius 1 is 1.44 bits per heavy atom. The van der Waals surface area contributed by atoms with E-state index in [-0.39, 0.29) is 12.0 Å². The van der Waals surface area contributed by atoms with Crippen LogP contribution in [0.25, 0.3) is 0 Å². The second-order valence-corrected chi connectivity index (χ2v) is 5.85. The van der Waals surface area contributed by atoms with E-state index >= 15 is 0 Å². The van der Waals surface area contributed by atoms with Crippen molar-refractivity contribution in [3.05, 3.63) is 21.4 Å². The maximum Gasteiger partial charge on any atom is 0.305 e. The molecule has 1 unspecified atom stereocenters. The molecule has 1 rings (SSSR count). The Labute approximate surface area is 113 Å². The van der Waals surface area contributed by atoms with E-state index in [9.17, 15) is 4.79 Å². The Kier molecular flexibility index (Phi) is 6.36. The summed E-state index contributed by atoms with van der Waals surface area (Å²) in [5.74, 6) is -0.103. The maximum absolute atomic E-state index is 11.2. The summed E-state index contributed by atoms with van der Waals surface area (Å²) in [5, 5.41) is 0. The lowest BCUT2D eigenvalue weighted by molar-refractivity contribution is -0.143. The summed E-state index contributed by atoms with van der Waals surface area (Å²) in [5.41, 5.74) is 7.47. The molecule has 1 aromatic heterocycles. The molecular weight excluding hydrogens is 246 g/mol. The van der Waals surface area contributed by atoms with Crippen LogP contribution in [-0.4, -0.2) is 12.6 Å². The minimum atomic E-state index is -0.103. The predicted molar refractivity (Wildman–Crippen MR) is 75.8 cm³/mol. The van der Waals surface area contributed by atoms with Crippen LogP contribution in [0.15, 0.2) is 6.07 Å². The number of nitrogens with two attached hydrogens (primary N) is 1. The van der Waals surface area contributed by atoms with Gasteiger partial charge in [0.15, 0.2) is 0 Å². The molecule has 2 N–H and O–H groups in total. The van der Waals surface area contributed by atoms with E-state index in [1.807, 2.05) is 6.92 Å². The zero-order valence-corrected chi connectivity index (χ0v) is 12.3. The predicted octanol–water partition coefficient (Wildman–Crippen LogP) is 3.49. The summed E-state index contributed by atoms with van der Waals surface area (Å²) in [4.78, 5) is 13.8. The molecule has 1 aromatic rings. The summed E-state index contributed by atoms with van der Waals surface area (Å²) in [6, 6.07) is 2.28. The number of esters is 1. The quantitative estimate of drug-likeness (QED) is 0.609. The first-order valence-electron chi connectivity index (χ1n) is 6.52. The van der Waals surface area contributed by atoms with Crippen LogP contribution in [0, 0.1) is 13.8 Å². The van der Waals surface area contributed by atoms with Crippen molar-refractivity contribution in [3.63, 3.8) is 0 Å². The standard InChI is InChI=1S/C14H23NO2S/c1-4-17-13(16)8-6-5-7-12(15)14-10(2)9-11(3)18-14/h9,12H,4-8,15H2,1-3H3. The van der Waals surface area contributed by atoms with Gasteiger partial charge in [-0.3, -0.25) is 4.79 Å². The third-order valence-corrected chi connectivity index (χ3v) is 4.15. The van der Waals surface area contributed by atoms with E-state index in [0.717, 1.165) is 19.3 Å². The Bertz CT molecular complexity index is 387. The van der Waals surface area contributed by atoms with Crippen LogP contribution in [0.3, 0.4) is 0 Å². The molecule has 1 heterocycles. The number of hydrogen-bond acceptors (Lipinski definition) is 4. The van der Waals surface area contributed by atoms with Crippen molar-refractivity contribution in [3.8, 4) is 0 Å². The lowest BCUT2D eigenvalue weighted by atomic mass is 10.1. The van der Waals surface area contributed by atoms with Gasteiger partial charge < -0.3 is 10.5 Å². The van der Waals surface area contributed by atoms with Gasteiger partial charge in [-0.2, -0.15) is 0 Å². The number of ether oxygens (including phenoxy) is 1. The van der Waals surface area contributed by atoms with Gasteiger partial charge in [0, 0.05) is 22.2 Å². The first-order valence-corrected chi connectivity index (χ1v) is 7.34. The fraction of sp³-hybridized carbons (Fsp3) is 0.643. The fourth-order valence-corrected chi connectivity index (χ4v) is 3.10. The average molecular weight is 269 g/mol. The van der Waals surface area contributed by atoms with Crippen LogP contribution in [0.5, 0.6) is 0 Å². The number of rotatable bonds is 7. The summed E-state index contributed by atoms with van der Waals surface area (Å²) in [6.45, 7) is 6.51. The second kappa shape index (κ2) is 7.54. The molecule has 0 aliphatic heterocycles. The normalized spacial score (nSPS) is 12.4. The molecule has 0 aliphatic carbocycles. The van der Waals surface area contributed by atoms with Crippen LogP contribution in [-0.2, 0) is 9.53 Å². The molecule has 0 saturated heterocycles. The SMILES string of the molecule is CCOC(=O)CCCCC(N)c1sc(C)cc1C. The Balaban J connectivity index is 2.27. The van der Waals surface area contributed by atoms with Gasteiger partial charge in [0.25, 0.3) is 0 Å². The van der Waals surface area contributed by atoms with Crippen LogP contribution in [0.4, 0.5) is 0 Å². The molecule has 0 radical (unpaired) electrons. The van der Waals surface area contributed by atoms with Crippen molar-refractivity contribution >= 4 is 17.3 Å². The fourth-order valence-electron chi connectivity index (χ4n) is 2.03. The molecule has 0 saturated carbocycles. The molecule has 0 fully saturated rings. The van der Waals surface area contributed by atoms with Crippen molar-refractivity contribution < 1.29 is 9.53 Å². The number of hydrogen-bond donors (Lipinski definition) is 1. The van der Waals surface area contributed by atoms with Crippen molar-refractivity contribution in [1.82, 2.24) is 0 Å². The molecular formula is C14H23NO2S. The Hall–Kier alpha value is -0.870. The van der Waals surface area contributed by atoms with Crippen molar-refractivity contribution in [1.29, 1.82) is 0 Å². The summed E-state index contributed by atoms with van der Waals surface area (Å²) in [6.07, 6.45) is 3.26. The number of carbonyl (C=O) groups excluding carboxylic acids is 1. The molecule has 1 atom stereocenters. The molecule has 0 aliphatic rings. The van der Waals surface area contributed by atoms with Crippen LogP contribution < -0.4 is 5.73 Å². The van der Waals surface area contributed by atoms with Gasteiger partial charge in [0.05, 0.1) is 6.61 Å². The molecule has 0 aromatic carbocycles. The van der Waals surface area contributed by atoms with Crippen molar-refractivity contribution in [2.24, 2.45) is 5.73 Å². The second-order valence-electron chi connectivity index (χ2n) is 4.56. The average Bonchev–Trinajstić information content (AvgIpc) is 2.64. The highest BCUT2D eigenvalue weighted by Crippen LogP contribution is 2.28. The monoisotopic (exact) mass is 269 g/mol. The van der Waals surface area contributed by atoms with E-state index in [4.69, 9.17) is 10.5 Å². The van der Waals surface area contributed by atoms with Gasteiger partial charge in [-0.15, -0.1) is 11.3 Å². The summed E-state index contributed by atoms with van der Waals surface area (Å²) < 4.78 is 4.89.